The summed E-state index contributed by atoms with van der Waals surface area (Å²) >= 11 is 0. The van der Waals surface area contributed by atoms with E-state index in [-0.39, 0.29) is 11.9 Å². The van der Waals surface area contributed by atoms with Gasteiger partial charge in [0.25, 0.3) is 5.91 Å². The van der Waals surface area contributed by atoms with Gasteiger partial charge in [-0.05, 0) is 49.1 Å². The van der Waals surface area contributed by atoms with Crippen molar-refractivity contribution < 1.29 is 4.79 Å². The molecule has 25 heavy (non-hydrogen) atoms. The van der Waals surface area contributed by atoms with Crippen LogP contribution in [0.1, 0.15) is 40.5 Å². The van der Waals surface area contributed by atoms with E-state index in [2.05, 4.69) is 20.2 Å². The molecular weight excluding hydrogens is 314 g/mol. The molecule has 6 nitrogen and oxygen atoms in total. The molecular formula is C19H19N5O. The van der Waals surface area contributed by atoms with Crippen molar-refractivity contribution in [3.63, 3.8) is 0 Å². The number of amides is 1. The number of aromatic amines is 1. The summed E-state index contributed by atoms with van der Waals surface area (Å²) < 4.78 is 0. The van der Waals surface area contributed by atoms with Crippen LogP contribution in [0.5, 0.6) is 0 Å². The molecule has 4 heterocycles. The average molecular weight is 333 g/mol. The summed E-state index contributed by atoms with van der Waals surface area (Å²) in [4.78, 5) is 23.0. The lowest BCUT2D eigenvalue weighted by atomic mass is 9.98. The maximum atomic E-state index is 12.9. The fourth-order valence-corrected chi connectivity index (χ4v) is 3.51. The molecule has 1 saturated heterocycles. The Morgan fingerprint density at radius 3 is 2.72 bits per heavy atom. The summed E-state index contributed by atoms with van der Waals surface area (Å²) in [5.74, 6) is 0.0388. The van der Waals surface area contributed by atoms with Gasteiger partial charge in [-0.15, -0.1) is 0 Å². The van der Waals surface area contributed by atoms with Crippen molar-refractivity contribution in [2.45, 2.75) is 25.8 Å². The molecule has 1 amide bonds. The second kappa shape index (κ2) is 6.47. The molecule has 0 spiro atoms. The summed E-state index contributed by atoms with van der Waals surface area (Å²) in [5, 5.41) is 7.39. The van der Waals surface area contributed by atoms with Crippen LogP contribution < -0.4 is 0 Å². The van der Waals surface area contributed by atoms with E-state index in [1.807, 2.05) is 30.3 Å². The lowest BCUT2D eigenvalue weighted by Gasteiger charge is -2.25. The van der Waals surface area contributed by atoms with Crippen LogP contribution in [0.4, 0.5) is 0 Å². The van der Waals surface area contributed by atoms with E-state index in [4.69, 9.17) is 0 Å². The summed E-state index contributed by atoms with van der Waals surface area (Å²) in [6.07, 6.45) is 10.7. The summed E-state index contributed by atoms with van der Waals surface area (Å²) in [5.41, 5.74) is 4.90. The van der Waals surface area contributed by atoms with Gasteiger partial charge in [-0.3, -0.25) is 19.9 Å². The zero-order chi connectivity index (χ0) is 17.2. The van der Waals surface area contributed by atoms with E-state index >= 15 is 0 Å². The van der Waals surface area contributed by atoms with Crippen LogP contribution in [0.25, 0.3) is 11.1 Å². The highest BCUT2D eigenvalue weighted by Gasteiger charge is 2.33. The number of nitrogens with zero attached hydrogens (tertiary/aromatic N) is 4. The van der Waals surface area contributed by atoms with Gasteiger partial charge in [0.2, 0.25) is 0 Å². The van der Waals surface area contributed by atoms with E-state index in [1.165, 1.54) is 0 Å². The lowest BCUT2D eigenvalue weighted by molar-refractivity contribution is 0.0733. The fraction of sp³-hybridized carbons (Fsp3) is 0.263. The average Bonchev–Trinajstić information content (AvgIpc) is 3.31. The minimum Gasteiger partial charge on any atom is -0.330 e. The molecule has 0 radical (unpaired) electrons. The molecule has 0 saturated carbocycles. The fourth-order valence-electron chi connectivity index (χ4n) is 3.51. The molecule has 4 rings (SSSR count). The number of aryl methyl sites for hydroxylation is 1. The molecule has 6 heteroatoms. The number of H-pyrrole nitrogens is 1. The molecule has 1 aliphatic heterocycles. The standard InChI is InChI=1S/C19H19N5O/c1-13-11-21-9-6-15(13)16-12-22-23-18(16)17-3-2-10-24(17)19(25)14-4-7-20-8-5-14/h4-9,11-12,17H,2-3,10H2,1H3,(H,22,23). The first-order valence-electron chi connectivity index (χ1n) is 8.41. The molecule has 1 N–H and O–H groups in total. The van der Waals surface area contributed by atoms with Crippen LogP contribution in [0.15, 0.2) is 49.2 Å². The zero-order valence-corrected chi connectivity index (χ0v) is 14.0. The zero-order valence-electron chi connectivity index (χ0n) is 14.0. The number of likely N-dealkylation sites (tertiary alicyclic amines) is 1. The van der Waals surface area contributed by atoms with Gasteiger partial charge in [-0.25, -0.2) is 0 Å². The van der Waals surface area contributed by atoms with Crippen LogP contribution in [0.2, 0.25) is 0 Å². The molecule has 0 aromatic carbocycles. The monoisotopic (exact) mass is 333 g/mol. The Morgan fingerprint density at radius 2 is 1.92 bits per heavy atom. The smallest absolute Gasteiger partial charge is 0.254 e. The van der Waals surface area contributed by atoms with Crippen molar-refractivity contribution in [1.29, 1.82) is 0 Å². The number of carbonyl (C=O) groups is 1. The third-order valence-corrected chi connectivity index (χ3v) is 4.75. The normalized spacial score (nSPS) is 17.0. The Morgan fingerprint density at radius 1 is 1.12 bits per heavy atom. The predicted octanol–water partition coefficient (Wildman–Crippen LogP) is 3.15. The van der Waals surface area contributed by atoms with Crippen LogP contribution >= 0.6 is 0 Å². The highest BCUT2D eigenvalue weighted by molar-refractivity contribution is 5.94. The molecule has 0 bridgehead atoms. The Kier molecular flexibility index (Phi) is 4.01. The van der Waals surface area contributed by atoms with Gasteiger partial charge in [0.1, 0.15) is 0 Å². The second-order valence-corrected chi connectivity index (χ2v) is 6.28. The minimum absolute atomic E-state index is 0.00531. The quantitative estimate of drug-likeness (QED) is 0.799. The van der Waals surface area contributed by atoms with E-state index in [0.717, 1.165) is 41.8 Å². The summed E-state index contributed by atoms with van der Waals surface area (Å²) in [7, 11) is 0. The first kappa shape index (κ1) is 15.5. The topological polar surface area (TPSA) is 74.8 Å². The van der Waals surface area contributed by atoms with Gasteiger partial charge >= 0.3 is 0 Å². The maximum absolute atomic E-state index is 12.9. The van der Waals surface area contributed by atoms with E-state index in [9.17, 15) is 4.79 Å². The van der Waals surface area contributed by atoms with Crippen molar-refractivity contribution in [2.75, 3.05) is 6.54 Å². The highest BCUT2D eigenvalue weighted by Crippen LogP contribution is 2.37. The molecule has 0 aliphatic carbocycles. The molecule has 3 aromatic rings. The molecule has 1 atom stereocenters. The van der Waals surface area contributed by atoms with E-state index in [1.54, 1.807) is 30.7 Å². The second-order valence-electron chi connectivity index (χ2n) is 6.28. The van der Waals surface area contributed by atoms with Gasteiger partial charge in [0, 0.05) is 42.5 Å². The van der Waals surface area contributed by atoms with Crippen LogP contribution in [0.3, 0.4) is 0 Å². The highest BCUT2D eigenvalue weighted by atomic mass is 16.2. The molecule has 1 aliphatic rings. The van der Waals surface area contributed by atoms with Gasteiger partial charge in [0.15, 0.2) is 0 Å². The first-order valence-corrected chi connectivity index (χ1v) is 8.41. The Hall–Kier alpha value is -3.02. The Balaban J connectivity index is 1.70. The SMILES string of the molecule is Cc1cnccc1-c1cn[nH]c1C1CCCN1C(=O)c1ccncc1. The van der Waals surface area contributed by atoms with Gasteiger partial charge < -0.3 is 4.90 Å². The van der Waals surface area contributed by atoms with Crippen LogP contribution in [-0.2, 0) is 0 Å². The van der Waals surface area contributed by atoms with Crippen LogP contribution in [0, 0.1) is 6.92 Å². The number of aromatic nitrogens is 4. The van der Waals surface area contributed by atoms with Gasteiger partial charge in [-0.2, -0.15) is 5.10 Å². The molecule has 126 valence electrons. The van der Waals surface area contributed by atoms with Crippen molar-refractivity contribution in [2.24, 2.45) is 0 Å². The number of rotatable bonds is 3. The third-order valence-electron chi connectivity index (χ3n) is 4.75. The van der Waals surface area contributed by atoms with Crippen molar-refractivity contribution in [3.05, 3.63) is 66.0 Å². The van der Waals surface area contributed by atoms with Crippen LogP contribution in [-0.4, -0.2) is 37.5 Å². The predicted molar refractivity (Wildman–Crippen MR) is 93.8 cm³/mol. The van der Waals surface area contributed by atoms with Gasteiger partial charge in [-0.1, -0.05) is 0 Å². The lowest BCUT2D eigenvalue weighted by Crippen LogP contribution is -2.31. The largest absolute Gasteiger partial charge is 0.330 e. The number of carbonyl (C=O) groups excluding carboxylic acids is 1. The van der Waals surface area contributed by atoms with E-state index in [0.29, 0.717) is 5.56 Å². The molecule has 1 fully saturated rings. The van der Waals surface area contributed by atoms with Crippen molar-refractivity contribution in [1.82, 2.24) is 25.1 Å². The molecule has 3 aromatic heterocycles. The minimum atomic E-state index is 0.00531. The number of hydrogen-bond acceptors (Lipinski definition) is 4. The maximum Gasteiger partial charge on any atom is 0.254 e. The van der Waals surface area contributed by atoms with Crippen molar-refractivity contribution in [3.8, 4) is 11.1 Å². The summed E-state index contributed by atoms with van der Waals surface area (Å²) in [6, 6.07) is 5.52. The number of pyridine rings is 2. The van der Waals surface area contributed by atoms with Gasteiger partial charge in [0.05, 0.1) is 17.9 Å². The first-order chi connectivity index (χ1) is 12.3. The summed E-state index contributed by atoms with van der Waals surface area (Å²) in [6.45, 7) is 2.78. The number of hydrogen-bond donors (Lipinski definition) is 1. The Labute approximate surface area is 145 Å². The Bertz CT molecular complexity index is 890. The molecule has 1 unspecified atom stereocenters. The number of nitrogens with one attached hydrogen (secondary N) is 1. The van der Waals surface area contributed by atoms with E-state index < -0.39 is 0 Å². The van der Waals surface area contributed by atoms with Crippen molar-refractivity contribution >= 4 is 5.91 Å². The third kappa shape index (κ3) is 2.80.